The van der Waals surface area contributed by atoms with Gasteiger partial charge in [-0.05, 0) is 52.6 Å². The van der Waals surface area contributed by atoms with E-state index in [4.69, 9.17) is 0 Å². The molecule has 0 aliphatic carbocycles. The van der Waals surface area contributed by atoms with Gasteiger partial charge < -0.3 is 0 Å². The van der Waals surface area contributed by atoms with E-state index in [0.29, 0.717) is 0 Å². The average Bonchev–Trinajstić information content (AvgIpc) is 3.07. The first-order valence-corrected chi connectivity index (χ1v) is 10.2. The summed E-state index contributed by atoms with van der Waals surface area (Å²) in [5, 5.41) is 2.70. The van der Waals surface area contributed by atoms with Crippen LogP contribution in [-0.4, -0.2) is 0 Å². The van der Waals surface area contributed by atoms with Crippen molar-refractivity contribution in [1.29, 1.82) is 0 Å². The van der Waals surface area contributed by atoms with Crippen LogP contribution in [0.4, 0.5) is 0 Å². The Bertz CT molecular complexity index is 1220. The number of thiophene rings is 1. The van der Waals surface area contributed by atoms with Gasteiger partial charge in [-0.2, -0.15) is 0 Å². The van der Waals surface area contributed by atoms with E-state index in [9.17, 15) is 0 Å². The van der Waals surface area contributed by atoms with E-state index in [1.807, 2.05) is 11.3 Å². The second-order valence-electron chi connectivity index (χ2n) is 6.39. The van der Waals surface area contributed by atoms with E-state index >= 15 is 0 Å². The highest BCUT2D eigenvalue weighted by atomic mass is 79.9. The predicted molar refractivity (Wildman–Crippen MR) is 118 cm³/mol. The third kappa shape index (κ3) is 2.76. The van der Waals surface area contributed by atoms with Crippen molar-refractivity contribution >= 4 is 47.4 Å². The number of hydrogen-bond acceptors (Lipinski definition) is 1. The van der Waals surface area contributed by atoms with Crippen LogP contribution in [0, 0.1) is 0 Å². The molecule has 2 heteroatoms. The predicted octanol–water partition coefficient (Wildman–Crippen LogP) is 8.15. The minimum atomic E-state index is 1.11. The monoisotopic (exact) mass is 414 g/mol. The summed E-state index contributed by atoms with van der Waals surface area (Å²) in [5.74, 6) is 0. The maximum atomic E-state index is 3.49. The summed E-state index contributed by atoms with van der Waals surface area (Å²) >= 11 is 5.36. The van der Waals surface area contributed by atoms with Crippen LogP contribution in [0.3, 0.4) is 0 Å². The van der Waals surface area contributed by atoms with Crippen LogP contribution in [0.25, 0.3) is 42.4 Å². The van der Waals surface area contributed by atoms with Gasteiger partial charge in [-0.15, -0.1) is 11.3 Å². The fourth-order valence-corrected chi connectivity index (χ4v) is 4.75. The molecular weight excluding hydrogens is 400 g/mol. The molecule has 0 saturated heterocycles. The minimum Gasteiger partial charge on any atom is -0.135 e. The Labute approximate surface area is 164 Å². The topological polar surface area (TPSA) is 0 Å². The molecular formula is C24H15BrS. The molecule has 0 aliphatic rings. The van der Waals surface area contributed by atoms with Crippen LogP contribution < -0.4 is 0 Å². The summed E-state index contributed by atoms with van der Waals surface area (Å²) in [6, 6.07) is 32.7. The smallest absolute Gasteiger partial charge is 0.0355 e. The maximum absolute atomic E-state index is 3.49. The fraction of sp³-hybridized carbons (Fsp3) is 0. The molecule has 0 amide bonds. The van der Waals surface area contributed by atoms with Crippen molar-refractivity contribution in [3.63, 3.8) is 0 Å². The maximum Gasteiger partial charge on any atom is 0.0355 e. The van der Waals surface area contributed by atoms with E-state index in [0.717, 1.165) is 4.47 Å². The van der Waals surface area contributed by atoms with Gasteiger partial charge in [0.15, 0.2) is 0 Å². The molecule has 0 nitrogen and oxygen atoms in total. The highest BCUT2D eigenvalue weighted by Gasteiger charge is 2.07. The second-order valence-corrected chi connectivity index (χ2v) is 8.39. The third-order valence-corrected chi connectivity index (χ3v) is 6.45. The normalized spacial score (nSPS) is 11.3. The van der Waals surface area contributed by atoms with Crippen LogP contribution in [0.15, 0.2) is 95.5 Å². The Balaban J connectivity index is 1.56. The van der Waals surface area contributed by atoms with E-state index in [-0.39, 0.29) is 0 Å². The lowest BCUT2D eigenvalue weighted by molar-refractivity contribution is 1.58. The van der Waals surface area contributed by atoms with Crippen LogP contribution in [-0.2, 0) is 0 Å². The molecule has 0 radical (unpaired) electrons. The van der Waals surface area contributed by atoms with Gasteiger partial charge in [0.1, 0.15) is 0 Å². The molecule has 1 aromatic heterocycles. The molecule has 5 aromatic rings. The van der Waals surface area contributed by atoms with E-state index in [2.05, 4.69) is 107 Å². The zero-order valence-electron chi connectivity index (χ0n) is 13.9. The van der Waals surface area contributed by atoms with Crippen molar-refractivity contribution in [2.24, 2.45) is 0 Å². The zero-order valence-corrected chi connectivity index (χ0v) is 16.3. The summed E-state index contributed by atoms with van der Waals surface area (Å²) in [5.41, 5.74) is 4.99. The van der Waals surface area contributed by atoms with Crippen LogP contribution in [0.1, 0.15) is 0 Å². The van der Waals surface area contributed by atoms with E-state index in [1.54, 1.807) is 0 Å². The van der Waals surface area contributed by atoms with E-state index in [1.165, 1.54) is 42.4 Å². The van der Waals surface area contributed by atoms with Crippen molar-refractivity contribution in [2.75, 3.05) is 0 Å². The van der Waals surface area contributed by atoms with Crippen LogP contribution in [0.2, 0.25) is 0 Å². The molecule has 0 bridgehead atoms. The fourth-order valence-electron chi connectivity index (χ4n) is 3.40. The van der Waals surface area contributed by atoms with Gasteiger partial charge >= 0.3 is 0 Å². The van der Waals surface area contributed by atoms with Crippen LogP contribution >= 0.6 is 27.3 Å². The van der Waals surface area contributed by atoms with E-state index < -0.39 is 0 Å². The Morgan fingerprint density at radius 3 is 1.77 bits per heavy atom. The molecule has 0 saturated carbocycles. The average molecular weight is 415 g/mol. The number of benzene rings is 4. The van der Waals surface area contributed by atoms with Gasteiger partial charge in [-0.1, -0.05) is 76.6 Å². The van der Waals surface area contributed by atoms with Gasteiger partial charge in [-0.25, -0.2) is 0 Å². The number of halogens is 1. The van der Waals surface area contributed by atoms with Gasteiger partial charge in [0.25, 0.3) is 0 Å². The van der Waals surface area contributed by atoms with Crippen molar-refractivity contribution in [3.8, 4) is 22.3 Å². The van der Waals surface area contributed by atoms with Gasteiger partial charge in [0, 0.05) is 24.6 Å². The van der Waals surface area contributed by atoms with Crippen LogP contribution in [0.5, 0.6) is 0 Å². The lowest BCUT2D eigenvalue weighted by Gasteiger charge is -2.06. The number of hydrogen-bond donors (Lipinski definition) is 0. The minimum absolute atomic E-state index is 1.11. The van der Waals surface area contributed by atoms with Gasteiger partial charge in [0.05, 0.1) is 0 Å². The lowest BCUT2D eigenvalue weighted by Crippen LogP contribution is -1.80. The Morgan fingerprint density at radius 1 is 0.500 bits per heavy atom. The molecule has 1 heterocycles. The molecule has 5 rings (SSSR count). The van der Waals surface area contributed by atoms with Gasteiger partial charge in [-0.3, -0.25) is 0 Å². The Kier molecular flexibility index (Phi) is 3.88. The van der Waals surface area contributed by atoms with Crippen molar-refractivity contribution in [3.05, 3.63) is 95.5 Å². The van der Waals surface area contributed by atoms with Crippen molar-refractivity contribution in [2.45, 2.75) is 0 Å². The first-order valence-electron chi connectivity index (χ1n) is 8.56. The third-order valence-electron chi connectivity index (χ3n) is 4.77. The zero-order chi connectivity index (χ0) is 17.5. The molecule has 0 fully saturated rings. The van der Waals surface area contributed by atoms with Gasteiger partial charge in [0.2, 0.25) is 0 Å². The molecule has 26 heavy (non-hydrogen) atoms. The molecule has 4 aromatic carbocycles. The molecule has 0 unspecified atom stereocenters. The Hall–Kier alpha value is -2.42. The summed E-state index contributed by atoms with van der Waals surface area (Å²) in [7, 11) is 0. The quantitative estimate of drug-likeness (QED) is 0.273. The Morgan fingerprint density at radius 2 is 1.04 bits per heavy atom. The second kappa shape index (κ2) is 6.39. The first-order chi connectivity index (χ1) is 12.8. The molecule has 0 N–H and O–H groups in total. The summed E-state index contributed by atoms with van der Waals surface area (Å²) in [6.07, 6.45) is 0. The number of fused-ring (bicyclic) bond motifs is 3. The highest BCUT2D eigenvalue weighted by Crippen LogP contribution is 2.36. The van der Waals surface area contributed by atoms with Crippen molar-refractivity contribution in [1.82, 2.24) is 0 Å². The SMILES string of the molecule is Brc1ccc(-c2ccc(-c3ccc4sc5ccccc5c4c3)cc2)cc1. The highest BCUT2D eigenvalue weighted by molar-refractivity contribution is 9.10. The molecule has 124 valence electrons. The van der Waals surface area contributed by atoms with Crippen molar-refractivity contribution < 1.29 is 0 Å². The summed E-state index contributed by atoms with van der Waals surface area (Å²) < 4.78 is 3.81. The lowest BCUT2D eigenvalue weighted by atomic mass is 9.99. The molecule has 0 atom stereocenters. The summed E-state index contributed by atoms with van der Waals surface area (Å²) in [6.45, 7) is 0. The standard InChI is InChI=1S/C24H15BrS/c25-20-12-9-17(10-13-20)16-5-7-18(8-6-16)19-11-14-24-22(15-19)21-3-1-2-4-23(21)26-24/h1-15H. The summed E-state index contributed by atoms with van der Waals surface area (Å²) in [4.78, 5) is 0. The molecule has 0 aliphatic heterocycles. The number of rotatable bonds is 2. The largest absolute Gasteiger partial charge is 0.135 e. The first kappa shape index (κ1) is 15.8. The molecule has 0 spiro atoms.